The standard InChI is InChI=1S/C27H37N3O5S/c1-6-20(3)28-27(33)25(7-2)29(17-16-22-12-9-8-10-13-22)26(32)19-30(36(5,34)35)24-15-11-14-23(18-24)21(4)31/h8-15,18,20,25H,6-7,16-17,19H2,1-5H3,(H,28,33)/t20-,25+/m0/s1. The van der Waals surface area contributed by atoms with Gasteiger partial charge in [0.1, 0.15) is 12.6 Å². The highest BCUT2D eigenvalue weighted by atomic mass is 32.2. The van der Waals surface area contributed by atoms with Crippen LogP contribution in [0.15, 0.2) is 54.6 Å². The maximum atomic E-state index is 13.6. The molecule has 8 nitrogen and oxygen atoms in total. The second kappa shape index (κ2) is 13.2. The third kappa shape index (κ3) is 8.19. The van der Waals surface area contributed by atoms with E-state index >= 15 is 0 Å². The predicted octanol–water partition coefficient (Wildman–Crippen LogP) is 3.42. The summed E-state index contributed by atoms with van der Waals surface area (Å²) in [5, 5.41) is 2.95. The van der Waals surface area contributed by atoms with E-state index in [0.717, 1.165) is 22.5 Å². The van der Waals surface area contributed by atoms with Crippen molar-refractivity contribution in [1.29, 1.82) is 0 Å². The fourth-order valence-electron chi connectivity index (χ4n) is 3.83. The molecule has 0 aliphatic carbocycles. The van der Waals surface area contributed by atoms with Crippen LogP contribution in [0.1, 0.15) is 56.5 Å². The van der Waals surface area contributed by atoms with Crippen LogP contribution in [-0.2, 0) is 26.0 Å². The summed E-state index contributed by atoms with van der Waals surface area (Å²) >= 11 is 0. The molecule has 0 spiro atoms. The molecule has 0 fully saturated rings. The SMILES string of the molecule is CC[C@H](C(=O)N[C@@H](C)CC)N(CCc1ccccc1)C(=O)CN(c1cccc(C(C)=O)c1)S(C)(=O)=O. The first-order valence-corrected chi connectivity index (χ1v) is 14.0. The van der Waals surface area contributed by atoms with E-state index in [4.69, 9.17) is 0 Å². The van der Waals surface area contributed by atoms with Gasteiger partial charge in [-0.15, -0.1) is 0 Å². The molecule has 0 radical (unpaired) electrons. The summed E-state index contributed by atoms with van der Waals surface area (Å²) in [5.41, 5.74) is 1.56. The lowest BCUT2D eigenvalue weighted by Gasteiger charge is -2.33. The number of Topliss-reactive ketones (excluding diaryl/α,β-unsaturated/α-hetero) is 1. The van der Waals surface area contributed by atoms with Crippen LogP contribution in [0.2, 0.25) is 0 Å². The number of benzene rings is 2. The van der Waals surface area contributed by atoms with Crippen molar-refractivity contribution in [2.24, 2.45) is 0 Å². The summed E-state index contributed by atoms with van der Waals surface area (Å²) in [6, 6.07) is 15.0. The van der Waals surface area contributed by atoms with Crippen LogP contribution in [-0.4, -0.2) is 62.3 Å². The molecular formula is C27H37N3O5S. The van der Waals surface area contributed by atoms with Crippen LogP contribution in [0, 0.1) is 0 Å². The summed E-state index contributed by atoms with van der Waals surface area (Å²) in [6.07, 6.45) is 2.65. The fraction of sp³-hybridized carbons (Fsp3) is 0.444. The summed E-state index contributed by atoms with van der Waals surface area (Å²) in [7, 11) is -3.86. The molecule has 0 aromatic heterocycles. The number of anilines is 1. The van der Waals surface area contributed by atoms with Crippen molar-refractivity contribution >= 4 is 33.3 Å². The quantitative estimate of drug-likeness (QED) is 0.412. The normalized spacial score (nSPS) is 12.9. The molecule has 2 rings (SSSR count). The topological polar surface area (TPSA) is 104 Å². The van der Waals surface area contributed by atoms with E-state index in [1.54, 1.807) is 18.2 Å². The summed E-state index contributed by atoms with van der Waals surface area (Å²) < 4.78 is 26.4. The van der Waals surface area contributed by atoms with Crippen LogP contribution in [0.5, 0.6) is 0 Å². The number of nitrogens with one attached hydrogen (secondary N) is 1. The van der Waals surface area contributed by atoms with Crippen molar-refractivity contribution in [2.45, 2.75) is 59.0 Å². The van der Waals surface area contributed by atoms with Gasteiger partial charge in [-0.3, -0.25) is 18.7 Å². The number of carbonyl (C=O) groups excluding carboxylic acids is 3. The molecule has 0 saturated heterocycles. The predicted molar refractivity (Wildman–Crippen MR) is 142 cm³/mol. The van der Waals surface area contributed by atoms with Gasteiger partial charge in [0.05, 0.1) is 11.9 Å². The molecular weight excluding hydrogens is 478 g/mol. The molecule has 196 valence electrons. The van der Waals surface area contributed by atoms with Crippen LogP contribution in [0.3, 0.4) is 0 Å². The van der Waals surface area contributed by atoms with Crippen LogP contribution < -0.4 is 9.62 Å². The fourth-order valence-corrected chi connectivity index (χ4v) is 4.67. The lowest BCUT2D eigenvalue weighted by atomic mass is 10.1. The van der Waals surface area contributed by atoms with E-state index in [1.807, 2.05) is 51.1 Å². The summed E-state index contributed by atoms with van der Waals surface area (Å²) in [6.45, 7) is 6.84. The summed E-state index contributed by atoms with van der Waals surface area (Å²) in [5.74, 6) is -0.970. The summed E-state index contributed by atoms with van der Waals surface area (Å²) in [4.78, 5) is 40.1. The minimum atomic E-state index is -3.86. The number of rotatable bonds is 13. The molecule has 2 atom stereocenters. The Balaban J connectivity index is 2.40. The van der Waals surface area contributed by atoms with Gasteiger partial charge in [-0.05, 0) is 50.8 Å². The average molecular weight is 516 g/mol. The highest BCUT2D eigenvalue weighted by Crippen LogP contribution is 2.21. The second-order valence-corrected chi connectivity index (χ2v) is 10.8. The zero-order valence-corrected chi connectivity index (χ0v) is 22.5. The first-order chi connectivity index (χ1) is 17.0. The van der Waals surface area contributed by atoms with Crippen LogP contribution in [0.4, 0.5) is 5.69 Å². The highest BCUT2D eigenvalue weighted by molar-refractivity contribution is 7.92. The number of nitrogens with zero attached hydrogens (tertiary/aromatic N) is 2. The number of amides is 2. The molecule has 0 heterocycles. The van der Waals surface area contributed by atoms with E-state index in [1.165, 1.54) is 17.9 Å². The number of sulfonamides is 1. The van der Waals surface area contributed by atoms with Crippen LogP contribution in [0.25, 0.3) is 0 Å². The number of hydrogen-bond acceptors (Lipinski definition) is 5. The van der Waals surface area contributed by atoms with E-state index < -0.39 is 28.5 Å². The van der Waals surface area contributed by atoms with Crippen molar-refractivity contribution < 1.29 is 22.8 Å². The minimum absolute atomic E-state index is 0.0561. The van der Waals surface area contributed by atoms with Gasteiger partial charge in [-0.25, -0.2) is 8.42 Å². The molecule has 36 heavy (non-hydrogen) atoms. The van der Waals surface area contributed by atoms with Crippen molar-refractivity contribution in [2.75, 3.05) is 23.7 Å². The molecule has 0 saturated carbocycles. The first-order valence-electron chi connectivity index (χ1n) is 12.2. The van der Waals surface area contributed by atoms with Crippen LogP contribution >= 0.6 is 0 Å². The Kier molecular flexibility index (Phi) is 10.6. The van der Waals surface area contributed by atoms with E-state index in [9.17, 15) is 22.8 Å². The third-order valence-electron chi connectivity index (χ3n) is 6.09. The zero-order valence-electron chi connectivity index (χ0n) is 21.7. The van der Waals surface area contributed by atoms with Crippen molar-refractivity contribution in [1.82, 2.24) is 10.2 Å². The lowest BCUT2D eigenvalue weighted by Crippen LogP contribution is -2.54. The maximum Gasteiger partial charge on any atom is 0.244 e. The number of ketones is 1. The number of carbonyl (C=O) groups is 3. The largest absolute Gasteiger partial charge is 0.352 e. The number of hydrogen-bond donors (Lipinski definition) is 1. The second-order valence-electron chi connectivity index (χ2n) is 8.94. The Labute approximate surface area is 214 Å². The van der Waals surface area contributed by atoms with Gasteiger partial charge < -0.3 is 10.2 Å². The monoisotopic (exact) mass is 515 g/mol. The molecule has 0 aliphatic heterocycles. The van der Waals surface area contributed by atoms with Gasteiger partial charge in [0.25, 0.3) is 0 Å². The van der Waals surface area contributed by atoms with Gasteiger partial charge in [-0.2, -0.15) is 0 Å². The lowest BCUT2D eigenvalue weighted by molar-refractivity contribution is -0.139. The maximum absolute atomic E-state index is 13.6. The van der Waals surface area contributed by atoms with E-state index in [0.29, 0.717) is 18.4 Å². The minimum Gasteiger partial charge on any atom is -0.352 e. The van der Waals surface area contributed by atoms with Gasteiger partial charge in [0.2, 0.25) is 21.8 Å². The van der Waals surface area contributed by atoms with E-state index in [-0.39, 0.29) is 30.0 Å². The third-order valence-corrected chi connectivity index (χ3v) is 7.23. The Bertz CT molecular complexity index is 1150. The van der Waals surface area contributed by atoms with Crippen molar-refractivity contribution in [3.05, 3.63) is 65.7 Å². The molecule has 0 bridgehead atoms. The molecule has 2 aromatic carbocycles. The van der Waals surface area contributed by atoms with Gasteiger partial charge >= 0.3 is 0 Å². The Hall–Kier alpha value is -3.20. The van der Waals surface area contributed by atoms with Crippen molar-refractivity contribution in [3.63, 3.8) is 0 Å². The molecule has 9 heteroatoms. The van der Waals surface area contributed by atoms with Gasteiger partial charge in [0.15, 0.2) is 5.78 Å². The Morgan fingerprint density at radius 2 is 1.64 bits per heavy atom. The zero-order chi connectivity index (χ0) is 26.9. The molecule has 2 amide bonds. The molecule has 0 unspecified atom stereocenters. The highest BCUT2D eigenvalue weighted by Gasteiger charge is 2.31. The smallest absolute Gasteiger partial charge is 0.244 e. The Morgan fingerprint density at radius 1 is 0.972 bits per heavy atom. The van der Waals surface area contributed by atoms with Crippen molar-refractivity contribution in [3.8, 4) is 0 Å². The molecule has 2 aromatic rings. The van der Waals surface area contributed by atoms with Gasteiger partial charge in [-0.1, -0.05) is 56.3 Å². The molecule has 1 N–H and O–H groups in total. The van der Waals surface area contributed by atoms with E-state index in [2.05, 4.69) is 5.32 Å². The first kappa shape index (κ1) is 29.0. The Morgan fingerprint density at radius 3 is 2.19 bits per heavy atom. The molecule has 0 aliphatic rings. The average Bonchev–Trinajstić information content (AvgIpc) is 2.84. The van der Waals surface area contributed by atoms with Gasteiger partial charge in [0, 0.05) is 18.2 Å².